The van der Waals surface area contributed by atoms with Crippen LogP contribution in [0.4, 0.5) is 35.5 Å². The molecule has 0 aromatic carbocycles. The molecule has 0 aliphatic carbocycles. The number of ether oxygens (including phenoxy) is 1. The number of aliphatic carboxylic acids is 1. The number of alkyl carbamates (subject to hydrolysis) is 1. The number of alkyl halides is 3. The summed E-state index contributed by atoms with van der Waals surface area (Å²) >= 11 is 0. The molecule has 11 nitrogen and oxygen atoms in total. The van der Waals surface area contributed by atoms with Gasteiger partial charge in [0.2, 0.25) is 5.95 Å². The van der Waals surface area contributed by atoms with Gasteiger partial charge in [0.1, 0.15) is 11.6 Å². The first-order valence-corrected chi connectivity index (χ1v) is 10.1. The molecule has 3 heterocycles. The van der Waals surface area contributed by atoms with E-state index in [1.165, 1.54) is 0 Å². The standard InChI is InChI=1S/C19H24F3N7O4/c1-9-6-15(26-14-4-5-23-28-14)27-17(24-9)29-8-12(7-13(10(29)2)16(30)31)25-18(32)33-11(3)19(20,21)22/h4-6,10-13H,7-8H2,1-3H3,(H,25,32)(H,30,31)(H2,23,24,26,27,28)/t10?,11-,12?,13?/m0/s1. The fourth-order valence-corrected chi connectivity index (χ4v) is 3.51. The summed E-state index contributed by atoms with van der Waals surface area (Å²) in [7, 11) is 0. The number of aryl methyl sites for hydroxylation is 1. The number of aromatic nitrogens is 4. The highest BCUT2D eigenvalue weighted by molar-refractivity contribution is 5.73. The second-order valence-corrected chi connectivity index (χ2v) is 7.79. The summed E-state index contributed by atoms with van der Waals surface area (Å²) in [5, 5.41) is 21.6. The molecule has 0 saturated carbocycles. The number of nitrogens with one attached hydrogen (secondary N) is 3. The Morgan fingerprint density at radius 2 is 2.09 bits per heavy atom. The number of carboxylic acid groups (broad SMARTS) is 1. The summed E-state index contributed by atoms with van der Waals surface area (Å²) < 4.78 is 42.4. The van der Waals surface area contributed by atoms with Crippen LogP contribution < -0.4 is 15.5 Å². The summed E-state index contributed by atoms with van der Waals surface area (Å²) in [6.07, 6.45) is -6.73. The molecule has 4 N–H and O–H groups in total. The van der Waals surface area contributed by atoms with Crippen LogP contribution in [0, 0.1) is 12.8 Å². The third-order valence-corrected chi connectivity index (χ3v) is 5.28. The van der Waals surface area contributed by atoms with Crippen LogP contribution in [0.25, 0.3) is 0 Å². The summed E-state index contributed by atoms with van der Waals surface area (Å²) in [6.45, 7) is 4.21. The molecular formula is C19H24F3N7O4. The van der Waals surface area contributed by atoms with Gasteiger partial charge >= 0.3 is 18.2 Å². The highest BCUT2D eigenvalue weighted by Gasteiger charge is 2.42. The first kappa shape index (κ1) is 24.1. The molecule has 2 aromatic rings. The molecule has 1 aliphatic heterocycles. The maximum absolute atomic E-state index is 12.7. The van der Waals surface area contributed by atoms with Crippen LogP contribution in [0.1, 0.15) is 26.0 Å². The zero-order valence-corrected chi connectivity index (χ0v) is 18.1. The fraction of sp³-hybridized carbons (Fsp3) is 0.526. The summed E-state index contributed by atoms with van der Waals surface area (Å²) in [5.41, 5.74) is 0.592. The van der Waals surface area contributed by atoms with Crippen molar-refractivity contribution < 1.29 is 32.6 Å². The molecule has 1 saturated heterocycles. The van der Waals surface area contributed by atoms with Gasteiger partial charge in [0, 0.05) is 30.4 Å². The smallest absolute Gasteiger partial charge is 0.425 e. The van der Waals surface area contributed by atoms with Gasteiger partial charge in [-0.1, -0.05) is 0 Å². The fourth-order valence-electron chi connectivity index (χ4n) is 3.51. The molecular weight excluding hydrogens is 447 g/mol. The summed E-state index contributed by atoms with van der Waals surface area (Å²) in [6, 6.07) is 2.02. The molecule has 14 heteroatoms. The van der Waals surface area contributed by atoms with E-state index in [2.05, 4.69) is 35.5 Å². The van der Waals surface area contributed by atoms with Crippen LogP contribution >= 0.6 is 0 Å². The third-order valence-electron chi connectivity index (χ3n) is 5.28. The highest BCUT2D eigenvalue weighted by atomic mass is 19.4. The lowest BCUT2D eigenvalue weighted by Crippen LogP contribution is -2.57. The van der Waals surface area contributed by atoms with E-state index in [9.17, 15) is 27.9 Å². The Bertz CT molecular complexity index is 986. The Hall–Kier alpha value is -3.58. The topological polar surface area (TPSA) is 145 Å². The molecule has 3 unspecified atom stereocenters. The van der Waals surface area contributed by atoms with Crippen LogP contribution in [-0.2, 0) is 9.53 Å². The van der Waals surface area contributed by atoms with E-state index in [-0.39, 0.29) is 18.9 Å². The number of nitrogens with zero attached hydrogens (tertiary/aromatic N) is 4. The highest BCUT2D eigenvalue weighted by Crippen LogP contribution is 2.29. The molecule has 180 valence electrons. The van der Waals surface area contributed by atoms with Gasteiger partial charge in [-0.15, -0.1) is 0 Å². The molecule has 4 atom stereocenters. The van der Waals surface area contributed by atoms with Crippen LogP contribution in [-0.4, -0.2) is 68.2 Å². The quantitative estimate of drug-likeness (QED) is 0.499. The van der Waals surface area contributed by atoms with Gasteiger partial charge in [0.25, 0.3) is 0 Å². The molecule has 0 bridgehead atoms. The molecule has 1 amide bonds. The Morgan fingerprint density at radius 3 is 2.70 bits per heavy atom. The van der Waals surface area contributed by atoms with Crippen molar-refractivity contribution in [3.05, 3.63) is 24.0 Å². The average Bonchev–Trinajstić information content (AvgIpc) is 3.20. The van der Waals surface area contributed by atoms with Gasteiger partial charge in [-0.2, -0.15) is 23.3 Å². The Morgan fingerprint density at radius 1 is 1.36 bits per heavy atom. The number of carbonyl (C=O) groups is 2. The van der Waals surface area contributed by atoms with E-state index >= 15 is 0 Å². The lowest BCUT2D eigenvalue weighted by molar-refractivity contribution is -0.197. The van der Waals surface area contributed by atoms with Gasteiger partial charge in [0.05, 0.1) is 18.2 Å². The predicted molar refractivity (Wildman–Crippen MR) is 110 cm³/mol. The Kier molecular flexibility index (Phi) is 6.93. The van der Waals surface area contributed by atoms with E-state index in [0.29, 0.717) is 24.3 Å². The van der Waals surface area contributed by atoms with E-state index in [1.807, 2.05) is 0 Å². The van der Waals surface area contributed by atoms with Crippen LogP contribution in [0.15, 0.2) is 18.3 Å². The summed E-state index contributed by atoms with van der Waals surface area (Å²) in [5.74, 6) is -0.833. The van der Waals surface area contributed by atoms with Crippen molar-refractivity contribution in [1.29, 1.82) is 0 Å². The van der Waals surface area contributed by atoms with Gasteiger partial charge in [-0.25, -0.2) is 9.78 Å². The molecule has 33 heavy (non-hydrogen) atoms. The minimum Gasteiger partial charge on any atom is -0.481 e. The van der Waals surface area contributed by atoms with Crippen LogP contribution in [0.2, 0.25) is 0 Å². The number of H-pyrrole nitrogens is 1. The summed E-state index contributed by atoms with van der Waals surface area (Å²) in [4.78, 5) is 34.3. The number of hydrogen-bond acceptors (Lipinski definition) is 8. The monoisotopic (exact) mass is 471 g/mol. The van der Waals surface area contributed by atoms with Crippen molar-refractivity contribution >= 4 is 29.6 Å². The maximum atomic E-state index is 12.7. The normalized spacial score (nSPS) is 21.9. The van der Waals surface area contributed by atoms with Gasteiger partial charge in [-0.3, -0.25) is 9.89 Å². The zero-order chi connectivity index (χ0) is 24.3. The average molecular weight is 471 g/mol. The second kappa shape index (κ2) is 9.50. The number of aromatic amines is 1. The SMILES string of the molecule is Cc1cc(Nc2ccn[nH]2)nc(N2CC(NC(=O)O[C@@H](C)C(F)(F)F)CC(C(=O)O)C2C)n1. The lowest BCUT2D eigenvalue weighted by atomic mass is 9.87. The van der Waals surface area contributed by atoms with Crippen molar-refractivity contribution in [2.45, 2.75) is 51.6 Å². The molecule has 3 rings (SSSR count). The van der Waals surface area contributed by atoms with E-state index in [0.717, 1.165) is 0 Å². The minimum atomic E-state index is -4.71. The number of rotatable bonds is 6. The third kappa shape index (κ3) is 6.02. The molecule has 0 radical (unpaired) electrons. The van der Waals surface area contributed by atoms with Gasteiger partial charge in [-0.05, 0) is 27.2 Å². The van der Waals surface area contributed by atoms with Crippen molar-refractivity contribution in [3.8, 4) is 0 Å². The molecule has 0 spiro atoms. The molecule has 1 aliphatic rings. The van der Waals surface area contributed by atoms with Crippen LogP contribution in [0.3, 0.4) is 0 Å². The van der Waals surface area contributed by atoms with Crippen molar-refractivity contribution in [1.82, 2.24) is 25.5 Å². The number of hydrogen-bond donors (Lipinski definition) is 4. The number of carbonyl (C=O) groups excluding carboxylic acids is 1. The van der Waals surface area contributed by atoms with Crippen molar-refractivity contribution in [2.75, 3.05) is 16.8 Å². The predicted octanol–water partition coefficient (Wildman–Crippen LogP) is 2.60. The van der Waals surface area contributed by atoms with E-state index in [1.54, 1.807) is 37.1 Å². The number of carboxylic acids is 1. The Balaban J connectivity index is 1.81. The number of amides is 1. The van der Waals surface area contributed by atoms with Gasteiger partial charge in [0.15, 0.2) is 6.10 Å². The Labute approximate surface area is 186 Å². The number of halogens is 3. The first-order chi connectivity index (χ1) is 15.4. The maximum Gasteiger partial charge on any atom is 0.425 e. The minimum absolute atomic E-state index is 0.00751. The zero-order valence-electron chi connectivity index (χ0n) is 18.1. The van der Waals surface area contributed by atoms with Crippen LogP contribution in [0.5, 0.6) is 0 Å². The van der Waals surface area contributed by atoms with Crippen molar-refractivity contribution in [3.63, 3.8) is 0 Å². The van der Waals surface area contributed by atoms with E-state index in [4.69, 9.17) is 0 Å². The second-order valence-electron chi connectivity index (χ2n) is 7.79. The lowest BCUT2D eigenvalue weighted by Gasteiger charge is -2.41. The molecule has 1 fully saturated rings. The molecule has 2 aromatic heterocycles. The number of anilines is 3. The largest absolute Gasteiger partial charge is 0.481 e. The van der Waals surface area contributed by atoms with E-state index < -0.39 is 42.3 Å². The van der Waals surface area contributed by atoms with Crippen molar-refractivity contribution in [2.24, 2.45) is 5.92 Å². The van der Waals surface area contributed by atoms with Gasteiger partial charge < -0.3 is 25.4 Å². The number of piperidine rings is 1. The first-order valence-electron chi connectivity index (χ1n) is 10.1.